The van der Waals surface area contributed by atoms with Crippen LogP contribution >= 0.6 is 0 Å². The maximum Gasteiger partial charge on any atom is 0.126 e. The molecule has 0 saturated carbocycles. The molecule has 0 unspecified atom stereocenters. The SMILES string of the molecule is Cc1cc(C2(C(C)(C)N)COC2)ccc1F. The Balaban J connectivity index is 2.45. The molecule has 2 nitrogen and oxygen atoms in total. The van der Waals surface area contributed by atoms with E-state index in [1.54, 1.807) is 6.92 Å². The summed E-state index contributed by atoms with van der Waals surface area (Å²) in [7, 11) is 0. The van der Waals surface area contributed by atoms with Gasteiger partial charge in [0.1, 0.15) is 5.82 Å². The lowest BCUT2D eigenvalue weighted by Gasteiger charge is -2.51. The summed E-state index contributed by atoms with van der Waals surface area (Å²) in [6.45, 7) is 6.99. The van der Waals surface area contributed by atoms with E-state index in [2.05, 4.69) is 0 Å². The van der Waals surface area contributed by atoms with Gasteiger partial charge in [-0.25, -0.2) is 4.39 Å². The maximum absolute atomic E-state index is 13.2. The van der Waals surface area contributed by atoms with E-state index in [1.807, 2.05) is 26.0 Å². The number of ether oxygens (including phenoxy) is 1. The second-order valence-corrected chi connectivity index (χ2v) is 5.26. The van der Waals surface area contributed by atoms with Crippen molar-refractivity contribution in [2.75, 3.05) is 13.2 Å². The van der Waals surface area contributed by atoms with Gasteiger partial charge in [-0.15, -0.1) is 0 Å². The molecule has 2 N–H and O–H groups in total. The molecule has 1 fully saturated rings. The summed E-state index contributed by atoms with van der Waals surface area (Å²) in [5.74, 6) is -0.172. The van der Waals surface area contributed by atoms with E-state index in [9.17, 15) is 4.39 Å². The third kappa shape index (κ3) is 1.55. The summed E-state index contributed by atoms with van der Waals surface area (Å²) in [6.07, 6.45) is 0. The molecule has 0 radical (unpaired) electrons. The standard InChI is InChI=1S/C13H18FNO/c1-9-6-10(4-5-11(9)14)13(7-16-8-13)12(2,3)15/h4-6H,7-8,15H2,1-3H3. The van der Waals surface area contributed by atoms with Crippen molar-refractivity contribution in [3.8, 4) is 0 Å². The molecule has 0 atom stereocenters. The van der Waals surface area contributed by atoms with Crippen LogP contribution in [0.25, 0.3) is 0 Å². The Morgan fingerprint density at radius 3 is 2.38 bits per heavy atom. The van der Waals surface area contributed by atoms with Gasteiger partial charge in [0.15, 0.2) is 0 Å². The topological polar surface area (TPSA) is 35.2 Å². The van der Waals surface area contributed by atoms with Crippen molar-refractivity contribution in [3.63, 3.8) is 0 Å². The van der Waals surface area contributed by atoms with E-state index in [-0.39, 0.29) is 16.8 Å². The predicted octanol–water partition coefficient (Wildman–Crippen LogP) is 2.14. The molecule has 1 aromatic carbocycles. The van der Waals surface area contributed by atoms with Crippen molar-refractivity contribution < 1.29 is 9.13 Å². The Bertz CT molecular complexity index is 405. The molecular formula is C13H18FNO. The molecule has 1 aromatic rings. The van der Waals surface area contributed by atoms with Gasteiger partial charge in [-0.2, -0.15) is 0 Å². The van der Waals surface area contributed by atoms with Crippen LogP contribution in [-0.2, 0) is 10.2 Å². The van der Waals surface area contributed by atoms with Gasteiger partial charge >= 0.3 is 0 Å². The number of rotatable bonds is 2. The van der Waals surface area contributed by atoms with Crippen molar-refractivity contribution >= 4 is 0 Å². The summed E-state index contributed by atoms with van der Waals surface area (Å²) < 4.78 is 18.6. The van der Waals surface area contributed by atoms with Crippen molar-refractivity contribution in [2.45, 2.75) is 31.7 Å². The minimum Gasteiger partial charge on any atom is -0.379 e. The normalized spacial score (nSPS) is 19.3. The van der Waals surface area contributed by atoms with Gasteiger partial charge in [-0.05, 0) is 38.0 Å². The molecule has 88 valence electrons. The molecule has 1 aliphatic heterocycles. The lowest BCUT2D eigenvalue weighted by molar-refractivity contribution is -0.0919. The zero-order chi connectivity index (χ0) is 12.0. The maximum atomic E-state index is 13.2. The van der Waals surface area contributed by atoms with Crippen LogP contribution in [-0.4, -0.2) is 18.8 Å². The summed E-state index contributed by atoms with van der Waals surface area (Å²) in [6, 6.07) is 5.21. The first-order valence-corrected chi connectivity index (χ1v) is 5.50. The average Bonchev–Trinajstić information content (AvgIpc) is 2.06. The van der Waals surface area contributed by atoms with Gasteiger partial charge in [0.25, 0.3) is 0 Å². The zero-order valence-corrected chi connectivity index (χ0v) is 10.0. The third-order valence-electron chi connectivity index (χ3n) is 3.64. The third-order valence-corrected chi connectivity index (χ3v) is 3.64. The van der Waals surface area contributed by atoms with E-state index >= 15 is 0 Å². The molecule has 2 rings (SSSR count). The quantitative estimate of drug-likeness (QED) is 0.833. The van der Waals surface area contributed by atoms with Gasteiger partial charge in [0.2, 0.25) is 0 Å². The molecule has 1 saturated heterocycles. The van der Waals surface area contributed by atoms with Crippen LogP contribution in [0.3, 0.4) is 0 Å². The summed E-state index contributed by atoms with van der Waals surface area (Å²) in [5, 5.41) is 0. The molecule has 0 bridgehead atoms. The van der Waals surface area contributed by atoms with Crippen LogP contribution in [0, 0.1) is 12.7 Å². The second-order valence-electron chi connectivity index (χ2n) is 5.26. The predicted molar refractivity (Wildman–Crippen MR) is 61.9 cm³/mol. The largest absolute Gasteiger partial charge is 0.379 e. The van der Waals surface area contributed by atoms with E-state index in [4.69, 9.17) is 10.5 Å². The van der Waals surface area contributed by atoms with Crippen molar-refractivity contribution in [1.29, 1.82) is 0 Å². The molecule has 1 aliphatic rings. The minimum atomic E-state index is -0.366. The van der Waals surface area contributed by atoms with E-state index in [1.165, 1.54) is 6.07 Å². The fraction of sp³-hybridized carbons (Fsp3) is 0.538. The molecule has 0 aromatic heterocycles. The van der Waals surface area contributed by atoms with E-state index < -0.39 is 0 Å². The number of nitrogens with two attached hydrogens (primary N) is 1. The molecule has 3 heteroatoms. The fourth-order valence-corrected chi connectivity index (χ4v) is 2.16. The van der Waals surface area contributed by atoms with Crippen molar-refractivity contribution in [1.82, 2.24) is 0 Å². The highest BCUT2D eigenvalue weighted by molar-refractivity contribution is 5.36. The first kappa shape index (κ1) is 11.6. The molecule has 1 heterocycles. The Hall–Kier alpha value is -0.930. The van der Waals surface area contributed by atoms with Gasteiger partial charge in [-0.1, -0.05) is 12.1 Å². The highest BCUT2D eigenvalue weighted by Gasteiger charge is 2.50. The van der Waals surface area contributed by atoms with E-state index in [0.717, 1.165) is 5.56 Å². The fourth-order valence-electron chi connectivity index (χ4n) is 2.16. The molecule has 0 spiro atoms. The lowest BCUT2D eigenvalue weighted by Crippen LogP contribution is -2.64. The Kier molecular flexibility index (Phi) is 2.55. The monoisotopic (exact) mass is 223 g/mol. The molecular weight excluding hydrogens is 205 g/mol. The van der Waals surface area contributed by atoms with Gasteiger partial charge in [0, 0.05) is 5.54 Å². The number of aryl methyl sites for hydroxylation is 1. The summed E-state index contributed by atoms with van der Waals surface area (Å²) >= 11 is 0. The Morgan fingerprint density at radius 2 is 2.00 bits per heavy atom. The lowest BCUT2D eigenvalue weighted by atomic mass is 9.65. The molecule has 0 aliphatic carbocycles. The van der Waals surface area contributed by atoms with E-state index in [0.29, 0.717) is 18.8 Å². The molecule has 16 heavy (non-hydrogen) atoms. The first-order chi connectivity index (χ1) is 7.37. The average molecular weight is 223 g/mol. The van der Waals surface area contributed by atoms with Gasteiger partial charge in [-0.3, -0.25) is 0 Å². The van der Waals surface area contributed by atoms with Gasteiger partial charge < -0.3 is 10.5 Å². The smallest absolute Gasteiger partial charge is 0.126 e. The van der Waals surface area contributed by atoms with Crippen molar-refractivity contribution in [2.24, 2.45) is 5.73 Å². The number of halogens is 1. The highest BCUT2D eigenvalue weighted by Crippen LogP contribution is 2.40. The van der Waals surface area contributed by atoms with Crippen LogP contribution in [0.4, 0.5) is 4.39 Å². The van der Waals surface area contributed by atoms with Crippen molar-refractivity contribution in [3.05, 3.63) is 35.1 Å². The van der Waals surface area contributed by atoms with Crippen LogP contribution in [0.15, 0.2) is 18.2 Å². The number of hydrogen-bond donors (Lipinski definition) is 1. The van der Waals surface area contributed by atoms with Crippen LogP contribution in [0.1, 0.15) is 25.0 Å². The highest BCUT2D eigenvalue weighted by atomic mass is 19.1. The Morgan fingerprint density at radius 1 is 1.38 bits per heavy atom. The number of benzene rings is 1. The number of hydrogen-bond acceptors (Lipinski definition) is 2. The Labute approximate surface area is 95.6 Å². The van der Waals surface area contributed by atoms with Gasteiger partial charge in [0.05, 0.1) is 18.6 Å². The summed E-state index contributed by atoms with van der Waals surface area (Å²) in [5.41, 5.74) is 7.42. The molecule has 0 amide bonds. The zero-order valence-electron chi connectivity index (χ0n) is 10.0. The van der Waals surface area contributed by atoms with Crippen LogP contribution in [0.5, 0.6) is 0 Å². The minimum absolute atomic E-state index is 0.172. The van der Waals surface area contributed by atoms with Crippen LogP contribution < -0.4 is 5.73 Å². The second kappa shape index (κ2) is 3.54. The van der Waals surface area contributed by atoms with Crippen LogP contribution in [0.2, 0.25) is 0 Å². The first-order valence-electron chi connectivity index (χ1n) is 5.50. The summed E-state index contributed by atoms with van der Waals surface area (Å²) in [4.78, 5) is 0.